The normalized spacial score (nSPS) is 17.1. The van der Waals surface area contributed by atoms with Gasteiger partial charge in [-0.1, -0.05) is 48.5 Å². The van der Waals surface area contributed by atoms with Gasteiger partial charge in [0.05, 0.1) is 0 Å². The molecule has 24 heavy (non-hydrogen) atoms. The Hall–Kier alpha value is -2.62. The van der Waals surface area contributed by atoms with E-state index in [1.807, 2.05) is 48.5 Å². The summed E-state index contributed by atoms with van der Waals surface area (Å²) in [5, 5.41) is 2.88. The summed E-state index contributed by atoms with van der Waals surface area (Å²) in [6.07, 6.45) is 2.78. The molecular formula is C20H22N2O2. The van der Waals surface area contributed by atoms with Gasteiger partial charge < -0.3 is 10.2 Å². The van der Waals surface area contributed by atoms with Gasteiger partial charge in [-0.05, 0) is 37.0 Å². The maximum atomic E-state index is 12.4. The van der Waals surface area contributed by atoms with Crippen molar-refractivity contribution in [1.29, 1.82) is 0 Å². The summed E-state index contributed by atoms with van der Waals surface area (Å²) in [5.74, 6) is -0.0585. The van der Waals surface area contributed by atoms with Gasteiger partial charge in [0, 0.05) is 18.7 Å². The highest BCUT2D eigenvalue weighted by Gasteiger charge is 2.33. The van der Waals surface area contributed by atoms with Crippen molar-refractivity contribution in [3.05, 3.63) is 66.2 Å². The zero-order valence-corrected chi connectivity index (χ0v) is 13.7. The lowest BCUT2D eigenvalue weighted by Crippen LogP contribution is -2.41. The van der Waals surface area contributed by atoms with E-state index in [0.717, 1.165) is 18.5 Å². The predicted molar refractivity (Wildman–Crippen MR) is 94.7 cm³/mol. The number of amides is 2. The van der Waals surface area contributed by atoms with Crippen LogP contribution in [0.3, 0.4) is 0 Å². The zero-order chi connectivity index (χ0) is 16.8. The number of anilines is 1. The van der Waals surface area contributed by atoms with Gasteiger partial charge >= 0.3 is 0 Å². The average Bonchev–Trinajstić information content (AvgIpc) is 2.97. The molecule has 4 heteroatoms. The molecule has 3 rings (SSSR count). The summed E-state index contributed by atoms with van der Waals surface area (Å²) in [5.41, 5.74) is 2.13. The minimum Gasteiger partial charge on any atom is -0.344 e. The van der Waals surface area contributed by atoms with Gasteiger partial charge in [-0.15, -0.1) is 0 Å². The number of aryl methyl sites for hydroxylation is 1. The lowest BCUT2D eigenvalue weighted by molar-refractivity contribution is -0.126. The number of hydrogen-bond donors (Lipinski definition) is 1. The SMILES string of the molecule is O=C(CCCc1ccccc1)NC1CCN(c2ccccc2)C1=O. The molecule has 1 unspecified atom stereocenters. The quantitative estimate of drug-likeness (QED) is 0.889. The fourth-order valence-corrected chi connectivity index (χ4v) is 3.04. The first-order valence-corrected chi connectivity index (χ1v) is 8.44. The second-order valence-electron chi connectivity index (χ2n) is 6.07. The van der Waals surface area contributed by atoms with Crippen molar-refractivity contribution < 1.29 is 9.59 Å². The first-order valence-electron chi connectivity index (χ1n) is 8.44. The molecule has 1 heterocycles. The van der Waals surface area contributed by atoms with E-state index in [1.165, 1.54) is 5.56 Å². The standard InChI is InChI=1S/C20H22N2O2/c23-19(13-7-10-16-8-3-1-4-9-16)21-18-14-15-22(20(18)24)17-11-5-2-6-12-17/h1-6,8-9,11-12,18H,7,10,13-15H2,(H,21,23). The van der Waals surface area contributed by atoms with E-state index in [2.05, 4.69) is 17.4 Å². The number of rotatable bonds is 6. The summed E-state index contributed by atoms with van der Waals surface area (Å²) in [6.45, 7) is 0.651. The van der Waals surface area contributed by atoms with Crippen LogP contribution in [-0.2, 0) is 16.0 Å². The maximum absolute atomic E-state index is 12.4. The van der Waals surface area contributed by atoms with E-state index >= 15 is 0 Å². The molecule has 2 aromatic rings. The maximum Gasteiger partial charge on any atom is 0.249 e. The van der Waals surface area contributed by atoms with Crippen LogP contribution in [0.1, 0.15) is 24.8 Å². The third-order valence-corrected chi connectivity index (χ3v) is 4.32. The van der Waals surface area contributed by atoms with Crippen molar-refractivity contribution in [2.75, 3.05) is 11.4 Å². The lowest BCUT2D eigenvalue weighted by atomic mass is 10.1. The molecular weight excluding hydrogens is 300 g/mol. The number of para-hydroxylation sites is 1. The Kier molecular flexibility index (Phi) is 5.26. The molecule has 1 saturated heterocycles. The molecule has 0 saturated carbocycles. The highest BCUT2D eigenvalue weighted by atomic mass is 16.2. The summed E-state index contributed by atoms with van der Waals surface area (Å²) in [7, 11) is 0. The lowest BCUT2D eigenvalue weighted by Gasteiger charge is -2.17. The Morgan fingerprint density at radius 1 is 1.04 bits per heavy atom. The first kappa shape index (κ1) is 16.2. The van der Waals surface area contributed by atoms with Crippen molar-refractivity contribution >= 4 is 17.5 Å². The Morgan fingerprint density at radius 3 is 2.42 bits per heavy atom. The molecule has 1 N–H and O–H groups in total. The Balaban J connectivity index is 1.46. The highest BCUT2D eigenvalue weighted by Crippen LogP contribution is 2.21. The fraction of sp³-hybridized carbons (Fsp3) is 0.300. The van der Waals surface area contributed by atoms with Crippen molar-refractivity contribution in [2.24, 2.45) is 0 Å². The van der Waals surface area contributed by atoms with E-state index in [9.17, 15) is 9.59 Å². The number of nitrogens with zero attached hydrogens (tertiary/aromatic N) is 1. The molecule has 124 valence electrons. The Morgan fingerprint density at radius 2 is 1.71 bits per heavy atom. The molecule has 4 nitrogen and oxygen atoms in total. The molecule has 0 spiro atoms. The van der Waals surface area contributed by atoms with Gasteiger partial charge in [0.15, 0.2) is 0 Å². The van der Waals surface area contributed by atoms with Crippen molar-refractivity contribution in [3.63, 3.8) is 0 Å². The van der Waals surface area contributed by atoms with Crippen LogP contribution < -0.4 is 10.2 Å². The van der Waals surface area contributed by atoms with Crippen LogP contribution in [0.5, 0.6) is 0 Å². The summed E-state index contributed by atoms with van der Waals surface area (Å²) >= 11 is 0. The van der Waals surface area contributed by atoms with Gasteiger partial charge in [-0.2, -0.15) is 0 Å². The Bertz CT molecular complexity index is 685. The molecule has 2 aromatic carbocycles. The summed E-state index contributed by atoms with van der Waals surface area (Å²) in [4.78, 5) is 26.3. The first-order chi connectivity index (χ1) is 11.7. The minimum absolute atomic E-state index is 0.0161. The molecule has 1 fully saturated rings. The van der Waals surface area contributed by atoms with Gasteiger partial charge in [0.25, 0.3) is 0 Å². The molecule has 0 aromatic heterocycles. The van der Waals surface area contributed by atoms with Crippen LogP contribution in [0.4, 0.5) is 5.69 Å². The van der Waals surface area contributed by atoms with E-state index in [1.54, 1.807) is 4.90 Å². The largest absolute Gasteiger partial charge is 0.344 e. The highest BCUT2D eigenvalue weighted by molar-refractivity contribution is 6.01. The van der Waals surface area contributed by atoms with Crippen LogP contribution in [-0.4, -0.2) is 24.4 Å². The van der Waals surface area contributed by atoms with E-state index in [0.29, 0.717) is 19.4 Å². The number of nitrogens with one attached hydrogen (secondary N) is 1. The third kappa shape index (κ3) is 4.02. The van der Waals surface area contributed by atoms with E-state index < -0.39 is 6.04 Å². The van der Waals surface area contributed by atoms with Crippen LogP contribution in [0.15, 0.2) is 60.7 Å². The molecule has 0 bridgehead atoms. The zero-order valence-electron chi connectivity index (χ0n) is 13.7. The molecule has 1 aliphatic rings. The third-order valence-electron chi connectivity index (χ3n) is 4.32. The van der Waals surface area contributed by atoms with Crippen molar-refractivity contribution in [1.82, 2.24) is 5.32 Å². The number of carbonyl (C=O) groups is 2. The van der Waals surface area contributed by atoms with Gasteiger partial charge in [0.2, 0.25) is 11.8 Å². The van der Waals surface area contributed by atoms with Crippen LogP contribution in [0.25, 0.3) is 0 Å². The average molecular weight is 322 g/mol. The van der Waals surface area contributed by atoms with Crippen LogP contribution in [0, 0.1) is 0 Å². The summed E-state index contributed by atoms with van der Waals surface area (Å²) < 4.78 is 0. The van der Waals surface area contributed by atoms with E-state index in [4.69, 9.17) is 0 Å². The number of hydrogen-bond acceptors (Lipinski definition) is 2. The van der Waals surface area contributed by atoms with Crippen molar-refractivity contribution in [2.45, 2.75) is 31.7 Å². The molecule has 1 aliphatic heterocycles. The second kappa shape index (κ2) is 7.77. The second-order valence-corrected chi connectivity index (χ2v) is 6.07. The smallest absolute Gasteiger partial charge is 0.249 e. The molecule has 0 radical (unpaired) electrons. The van der Waals surface area contributed by atoms with Crippen molar-refractivity contribution in [3.8, 4) is 0 Å². The topological polar surface area (TPSA) is 49.4 Å². The van der Waals surface area contributed by atoms with Crippen LogP contribution in [0.2, 0.25) is 0 Å². The molecule has 2 amide bonds. The minimum atomic E-state index is -0.394. The molecule has 0 aliphatic carbocycles. The van der Waals surface area contributed by atoms with Gasteiger partial charge in [-0.3, -0.25) is 9.59 Å². The number of carbonyl (C=O) groups excluding carboxylic acids is 2. The Labute approximate surface area is 142 Å². The number of benzene rings is 2. The van der Waals surface area contributed by atoms with E-state index in [-0.39, 0.29) is 11.8 Å². The summed E-state index contributed by atoms with van der Waals surface area (Å²) in [6, 6.07) is 19.3. The monoisotopic (exact) mass is 322 g/mol. The molecule has 1 atom stereocenters. The van der Waals surface area contributed by atoms with Crippen LogP contribution >= 0.6 is 0 Å². The van der Waals surface area contributed by atoms with Gasteiger partial charge in [-0.25, -0.2) is 0 Å². The fourth-order valence-electron chi connectivity index (χ4n) is 3.04. The predicted octanol–water partition coefficient (Wildman–Crippen LogP) is 2.93. The van der Waals surface area contributed by atoms with Gasteiger partial charge in [0.1, 0.15) is 6.04 Å².